The first kappa shape index (κ1) is 14.5. The molecule has 1 aromatic carbocycles. The third-order valence-corrected chi connectivity index (χ3v) is 3.61. The van der Waals surface area contributed by atoms with Gasteiger partial charge in [0.25, 0.3) is 5.91 Å². The van der Waals surface area contributed by atoms with Gasteiger partial charge in [-0.2, -0.15) is 0 Å². The van der Waals surface area contributed by atoms with Crippen molar-refractivity contribution in [3.63, 3.8) is 0 Å². The van der Waals surface area contributed by atoms with Gasteiger partial charge in [0, 0.05) is 24.6 Å². The predicted molar refractivity (Wildman–Crippen MR) is 75.9 cm³/mol. The average Bonchev–Trinajstić information content (AvgIpc) is 2.86. The van der Waals surface area contributed by atoms with E-state index < -0.39 is 0 Å². The minimum Gasteiger partial charge on any atom is -0.336 e. The molecule has 0 aliphatic carbocycles. The van der Waals surface area contributed by atoms with E-state index in [1.54, 1.807) is 0 Å². The Morgan fingerprint density at radius 3 is 2.60 bits per heavy atom. The first-order valence-electron chi connectivity index (χ1n) is 7.06. The topological polar surface area (TPSA) is 66.0 Å². The molecule has 1 aromatic rings. The monoisotopic (exact) mass is 276 g/mol. The van der Waals surface area contributed by atoms with E-state index in [0.29, 0.717) is 25.6 Å². The SMILES string of the molecule is CC(C)[C@@H]([NH2+]CC(=O)N1CCNC1=O)c1ccccc1. The molecular formula is C15H22N3O2+. The second-order valence-electron chi connectivity index (χ2n) is 5.40. The summed E-state index contributed by atoms with van der Waals surface area (Å²) in [6, 6.07) is 10.1. The van der Waals surface area contributed by atoms with Crippen LogP contribution in [0, 0.1) is 5.92 Å². The zero-order valence-corrected chi connectivity index (χ0v) is 12.0. The van der Waals surface area contributed by atoms with E-state index in [9.17, 15) is 9.59 Å². The molecule has 0 saturated carbocycles. The molecule has 5 nitrogen and oxygen atoms in total. The van der Waals surface area contributed by atoms with Gasteiger partial charge in [0.05, 0.1) is 0 Å². The number of carbonyl (C=O) groups is 2. The molecule has 108 valence electrons. The Balaban J connectivity index is 1.96. The number of nitrogens with two attached hydrogens (primary N) is 1. The van der Waals surface area contributed by atoms with Gasteiger partial charge in [-0.05, 0) is 0 Å². The molecule has 1 aliphatic heterocycles. The Bertz CT molecular complexity index is 473. The van der Waals surface area contributed by atoms with Crippen molar-refractivity contribution >= 4 is 11.9 Å². The van der Waals surface area contributed by atoms with Crippen molar-refractivity contribution in [1.29, 1.82) is 0 Å². The first-order valence-corrected chi connectivity index (χ1v) is 7.06. The number of carbonyl (C=O) groups excluding carboxylic acids is 2. The number of rotatable bonds is 5. The van der Waals surface area contributed by atoms with E-state index in [4.69, 9.17) is 0 Å². The fourth-order valence-corrected chi connectivity index (χ4v) is 2.52. The van der Waals surface area contributed by atoms with Gasteiger partial charge in [0.1, 0.15) is 6.04 Å². The second-order valence-corrected chi connectivity index (χ2v) is 5.40. The largest absolute Gasteiger partial charge is 0.336 e. The lowest BCUT2D eigenvalue weighted by molar-refractivity contribution is -0.692. The summed E-state index contributed by atoms with van der Waals surface area (Å²) in [5.41, 5.74) is 1.21. The molecule has 1 aliphatic rings. The van der Waals surface area contributed by atoms with Crippen molar-refractivity contribution in [2.45, 2.75) is 19.9 Å². The third-order valence-electron chi connectivity index (χ3n) is 3.61. The summed E-state index contributed by atoms with van der Waals surface area (Å²) >= 11 is 0. The normalized spacial score (nSPS) is 16.4. The van der Waals surface area contributed by atoms with E-state index >= 15 is 0 Å². The Hall–Kier alpha value is -1.88. The van der Waals surface area contributed by atoms with Gasteiger partial charge in [-0.25, -0.2) is 4.79 Å². The standard InChI is InChI=1S/C15H21N3O2/c1-11(2)14(12-6-4-3-5-7-12)17-10-13(19)18-9-8-16-15(18)20/h3-7,11,14,17H,8-10H2,1-2H3,(H,16,20)/p+1/t14-/m1/s1. The number of nitrogens with zero attached hydrogens (tertiary/aromatic N) is 1. The van der Waals surface area contributed by atoms with Gasteiger partial charge in [-0.3, -0.25) is 9.69 Å². The fraction of sp³-hybridized carbons (Fsp3) is 0.467. The Morgan fingerprint density at radius 1 is 1.35 bits per heavy atom. The molecule has 0 bridgehead atoms. The van der Waals surface area contributed by atoms with Crippen LogP contribution in [0.1, 0.15) is 25.5 Å². The van der Waals surface area contributed by atoms with Crippen molar-refractivity contribution in [2.75, 3.05) is 19.6 Å². The Kier molecular flexibility index (Phi) is 4.74. The van der Waals surface area contributed by atoms with Crippen LogP contribution >= 0.6 is 0 Å². The number of urea groups is 1. The van der Waals surface area contributed by atoms with E-state index in [0.717, 1.165) is 0 Å². The summed E-state index contributed by atoms with van der Waals surface area (Å²) in [7, 11) is 0. The van der Waals surface area contributed by atoms with Crippen LogP contribution in [-0.4, -0.2) is 36.5 Å². The number of imide groups is 1. The van der Waals surface area contributed by atoms with Crippen LogP contribution in [0.5, 0.6) is 0 Å². The van der Waals surface area contributed by atoms with Gasteiger partial charge in [0.15, 0.2) is 6.54 Å². The van der Waals surface area contributed by atoms with Crippen LogP contribution in [0.25, 0.3) is 0 Å². The van der Waals surface area contributed by atoms with Crippen LogP contribution in [-0.2, 0) is 4.79 Å². The van der Waals surface area contributed by atoms with E-state index in [-0.39, 0.29) is 18.0 Å². The van der Waals surface area contributed by atoms with E-state index in [1.807, 2.05) is 23.5 Å². The van der Waals surface area contributed by atoms with Gasteiger partial charge >= 0.3 is 6.03 Å². The highest BCUT2D eigenvalue weighted by molar-refractivity contribution is 5.96. The summed E-state index contributed by atoms with van der Waals surface area (Å²) in [5.74, 6) is 0.291. The molecule has 0 aromatic heterocycles. The lowest BCUT2D eigenvalue weighted by Crippen LogP contribution is -2.88. The molecule has 0 spiro atoms. The second kappa shape index (κ2) is 6.52. The minimum atomic E-state index is -0.274. The molecule has 1 fully saturated rings. The molecule has 0 unspecified atom stereocenters. The predicted octanol–water partition coefficient (Wildman–Crippen LogP) is 0.499. The molecule has 1 saturated heterocycles. The van der Waals surface area contributed by atoms with Gasteiger partial charge in [-0.1, -0.05) is 44.2 Å². The number of quaternary nitrogens is 1. The molecule has 2 rings (SSSR count). The fourth-order valence-electron chi connectivity index (χ4n) is 2.52. The highest BCUT2D eigenvalue weighted by atomic mass is 16.2. The maximum atomic E-state index is 12.0. The quantitative estimate of drug-likeness (QED) is 0.822. The molecule has 0 radical (unpaired) electrons. The van der Waals surface area contributed by atoms with Gasteiger partial charge < -0.3 is 10.6 Å². The first-order chi connectivity index (χ1) is 9.59. The number of amides is 3. The van der Waals surface area contributed by atoms with E-state index in [1.165, 1.54) is 10.5 Å². The van der Waals surface area contributed by atoms with Gasteiger partial charge in [0.2, 0.25) is 0 Å². The minimum absolute atomic E-state index is 0.124. The summed E-state index contributed by atoms with van der Waals surface area (Å²) in [6.45, 7) is 5.60. The van der Waals surface area contributed by atoms with Crippen molar-refractivity contribution < 1.29 is 14.9 Å². The lowest BCUT2D eigenvalue weighted by Gasteiger charge is -2.20. The molecule has 1 heterocycles. The summed E-state index contributed by atoms with van der Waals surface area (Å²) in [5, 5.41) is 4.67. The van der Waals surface area contributed by atoms with Crippen molar-refractivity contribution in [1.82, 2.24) is 10.2 Å². The number of hydrogen-bond donors (Lipinski definition) is 2. The van der Waals surface area contributed by atoms with Crippen molar-refractivity contribution in [2.24, 2.45) is 5.92 Å². The van der Waals surface area contributed by atoms with Crippen LogP contribution in [0.2, 0.25) is 0 Å². The van der Waals surface area contributed by atoms with Crippen LogP contribution in [0.15, 0.2) is 30.3 Å². The molecule has 1 atom stereocenters. The highest BCUT2D eigenvalue weighted by Crippen LogP contribution is 2.16. The molecule has 3 N–H and O–H groups in total. The summed E-state index contributed by atoms with van der Waals surface area (Å²) in [6.07, 6.45) is 0. The summed E-state index contributed by atoms with van der Waals surface area (Å²) in [4.78, 5) is 24.8. The average molecular weight is 276 g/mol. The number of hydrogen-bond acceptors (Lipinski definition) is 2. The maximum Gasteiger partial charge on any atom is 0.324 e. The van der Waals surface area contributed by atoms with E-state index in [2.05, 4.69) is 31.3 Å². The number of benzene rings is 1. The molecule has 5 heteroatoms. The van der Waals surface area contributed by atoms with Crippen LogP contribution in [0.3, 0.4) is 0 Å². The molecular weight excluding hydrogens is 254 g/mol. The smallest absolute Gasteiger partial charge is 0.324 e. The zero-order valence-electron chi connectivity index (χ0n) is 12.0. The Labute approximate surface area is 119 Å². The lowest BCUT2D eigenvalue weighted by atomic mass is 9.96. The van der Waals surface area contributed by atoms with Crippen LogP contribution < -0.4 is 10.6 Å². The molecule has 3 amide bonds. The zero-order chi connectivity index (χ0) is 14.5. The van der Waals surface area contributed by atoms with Crippen molar-refractivity contribution in [3.8, 4) is 0 Å². The third kappa shape index (κ3) is 3.36. The van der Waals surface area contributed by atoms with Crippen molar-refractivity contribution in [3.05, 3.63) is 35.9 Å². The number of nitrogens with one attached hydrogen (secondary N) is 1. The molecule has 20 heavy (non-hydrogen) atoms. The van der Waals surface area contributed by atoms with Crippen LogP contribution in [0.4, 0.5) is 4.79 Å². The maximum absolute atomic E-state index is 12.0. The highest BCUT2D eigenvalue weighted by Gasteiger charge is 2.28. The Morgan fingerprint density at radius 2 is 2.05 bits per heavy atom. The summed E-state index contributed by atoms with van der Waals surface area (Å²) < 4.78 is 0. The van der Waals surface area contributed by atoms with Gasteiger partial charge in [-0.15, -0.1) is 0 Å².